The van der Waals surface area contributed by atoms with Crippen LogP contribution in [0.15, 0.2) is 29.2 Å². The molecule has 0 fully saturated rings. The van der Waals surface area contributed by atoms with E-state index in [1.54, 1.807) is 6.92 Å². The van der Waals surface area contributed by atoms with Crippen molar-refractivity contribution in [1.29, 1.82) is 0 Å². The van der Waals surface area contributed by atoms with E-state index in [1.165, 1.54) is 4.90 Å². The van der Waals surface area contributed by atoms with E-state index in [4.69, 9.17) is 9.47 Å². The van der Waals surface area contributed by atoms with E-state index < -0.39 is 6.09 Å². The van der Waals surface area contributed by atoms with Crippen LogP contribution in [0.2, 0.25) is 0 Å². The van der Waals surface area contributed by atoms with Crippen LogP contribution in [0.4, 0.5) is 4.79 Å². The molecule has 1 amide bonds. The molecular weight excluding hydrogens is 274 g/mol. The first-order valence-electron chi connectivity index (χ1n) is 6.95. The molecular formula is C15H23NO3S. The molecule has 1 rings (SSSR count). The highest BCUT2D eigenvalue weighted by Crippen LogP contribution is 2.26. The van der Waals surface area contributed by atoms with Gasteiger partial charge in [-0.25, -0.2) is 4.79 Å². The summed E-state index contributed by atoms with van der Waals surface area (Å²) in [5, 5.41) is 3.23. The summed E-state index contributed by atoms with van der Waals surface area (Å²) in [4.78, 5) is 12.3. The third-order valence-electron chi connectivity index (χ3n) is 2.65. The lowest BCUT2D eigenvalue weighted by Gasteiger charge is -2.10. The summed E-state index contributed by atoms with van der Waals surface area (Å²) in [6.07, 6.45) is 0.749. The van der Waals surface area contributed by atoms with Crippen molar-refractivity contribution < 1.29 is 14.3 Å². The monoisotopic (exact) mass is 297 g/mol. The van der Waals surface area contributed by atoms with E-state index in [2.05, 4.69) is 31.3 Å². The van der Waals surface area contributed by atoms with E-state index in [9.17, 15) is 4.79 Å². The Kier molecular flexibility index (Phi) is 7.95. The van der Waals surface area contributed by atoms with Crippen molar-refractivity contribution >= 4 is 17.9 Å². The molecule has 0 aliphatic carbocycles. The summed E-state index contributed by atoms with van der Waals surface area (Å²) >= 11 is 1.86. The zero-order valence-corrected chi connectivity index (χ0v) is 13.2. The van der Waals surface area contributed by atoms with E-state index in [0.29, 0.717) is 25.0 Å². The van der Waals surface area contributed by atoms with Gasteiger partial charge in [-0.3, -0.25) is 0 Å². The smallest absolute Gasteiger partial charge is 0.407 e. The highest BCUT2D eigenvalue weighted by Gasteiger charge is 2.02. The quantitative estimate of drug-likeness (QED) is 0.587. The van der Waals surface area contributed by atoms with Crippen molar-refractivity contribution in [3.05, 3.63) is 24.3 Å². The van der Waals surface area contributed by atoms with Crippen LogP contribution in [0, 0.1) is 0 Å². The molecule has 0 aliphatic heterocycles. The van der Waals surface area contributed by atoms with Crippen LogP contribution in [0.25, 0.3) is 0 Å². The lowest BCUT2D eigenvalue weighted by atomic mass is 10.3. The lowest BCUT2D eigenvalue weighted by Crippen LogP contribution is -2.28. The molecule has 1 aromatic carbocycles. The molecule has 1 atom stereocenters. The summed E-state index contributed by atoms with van der Waals surface area (Å²) in [6, 6.07) is 8.03. The van der Waals surface area contributed by atoms with Gasteiger partial charge in [0.2, 0.25) is 0 Å². The maximum Gasteiger partial charge on any atom is 0.407 e. The second-order valence-corrected chi connectivity index (χ2v) is 5.82. The Bertz CT molecular complexity index is 395. The minimum atomic E-state index is -0.406. The summed E-state index contributed by atoms with van der Waals surface area (Å²) in [6.45, 7) is 7.41. The van der Waals surface area contributed by atoms with E-state index in [1.807, 2.05) is 23.9 Å². The number of hydrogen-bond acceptors (Lipinski definition) is 4. The highest BCUT2D eigenvalue weighted by molar-refractivity contribution is 7.99. The molecule has 0 saturated carbocycles. The maximum absolute atomic E-state index is 11.0. The van der Waals surface area contributed by atoms with Gasteiger partial charge in [0, 0.05) is 10.1 Å². The first kappa shape index (κ1) is 16.7. The van der Waals surface area contributed by atoms with Gasteiger partial charge in [-0.05, 0) is 37.6 Å². The third-order valence-corrected chi connectivity index (χ3v) is 3.93. The SMILES string of the molecule is CCOC(=O)NCCOc1ccc(SC(C)CC)cc1. The van der Waals surface area contributed by atoms with Crippen LogP contribution in [0.3, 0.4) is 0 Å². The van der Waals surface area contributed by atoms with Crippen LogP contribution < -0.4 is 10.1 Å². The first-order chi connectivity index (χ1) is 9.65. The number of thioether (sulfide) groups is 1. The molecule has 1 unspecified atom stereocenters. The molecule has 0 spiro atoms. The summed E-state index contributed by atoms with van der Waals surface area (Å²) in [5.41, 5.74) is 0. The number of nitrogens with one attached hydrogen (secondary N) is 1. The van der Waals surface area contributed by atoms with E-state index in [-0.39, 0.29) is 0 Å². The van der Waals surface area contributed by atoms with Gasteiger partial charge in [-0.15, -0.1) is 11.8 Å². The normalized spacial score (nSPS) is 11.8. The standard InChI is InChI=1S/C15H23NO3S/c1-4-12(3)20-14-8-6-13(7-9-14)19-11-10-16-15(17)18-5-2/h6-9,12H,4-5,10-11H2,1-3H3,(H,16,17). The Balaban J connectivity index is 2.26. The van der Waals surface area contributed by atoms with Crippen molar-refractivity contribution in [2.24, 2.45) is 0 Å². The zero-order valence-electron chi connectivity index (χ0n) is 12.3. The average molecular weight is 297 g/mol. The number of carbonyl (C=O) groups is 1. The summed E-state index contributed by atoms with van der Waals surface area (Å²) in [5.74, 6) is 0.809. The van der Waals surface area contributed by atoms with Crippen LogP contribution in [-0.2, 0) is 4.74 Å². The number of carbonyl (C=O) groups excluding carboxylic acids is 1. The van der Waals surface area contributed by atoms with Gasteiger partial charge in [-0.1, -0.05) is 13.8 Å². The molecule has 0 saturated heterocycles. The largest absolute Gasteiger partial charge is 0.492 e. The number of rotatable bonds is 8. The Morgan fingerprint density at radius 3 is 2.60 bits per heavy atom. The Morgan fingerprint density at radius 1 is 1.30 bits per heavy atom. The van der Waals surface area contributed by atoms with Crippen LogP contribution in [0.1, 0.15) is 27.2 Å². The second kappa shape index (κ2) is 9.53. The molecule has 0 aromatic heterocycles. The molecule has 1 N–H and O–H groups in total. The van der Waals surface area contributed by atoms with Gasteiger partial charge < -0.3 is 14.8 Å². The number of benzene rings is 1. The van der Waals surface area contributed by atoms with Gasteiger partial charge in [0.15, 0.2) is 0 Å². The lowest BCUT2D eigenvalue weighted by molar-refractivity contribution is 0.150. The summed E-state index contributed by atoms with van der Waals surface area (Å²) in [7, 11) is 0. The van der Waals surface area contributed by atoms with Crippen LogP contribution in [0.5, 0.6) is 5.75 Å². The molecule has 1 aromatic rings. The van der Waals surface area contributed by atoms with Crippen LogP contribution in [-0.4, -0.2) is 31.1 Å². The Hall–Kier alpha value is -1.36. The zero-order chi connectivity index (χ0) is 14.8. The van der Waals surface area contributed by atoms with Crippen molar-refractivity contribution in [1.82, 2.24) is 5.32 Å². The van der Waals surface area contributed by atoms with Gasteiger partial charge in [0.25, 0.3) is 0 Å². The Labute approximate surface area is 125 Å². The molecule has 0 radical (unpaired) electrons. The number of hydrogen-bond donors (Lipinski definition) is 1. The minimum absolute atomic E-state index is 0.377. The molecule has 20 heavy (non-hydrogen) atoms. The van der Waals surface area contributed by atoms with Crippen molar-refractivity contribution in [3.8, 4) is 5.75 Å². The third kappa shape index (κ3) is 6.70. The van der Waals surface area contributed by atoms with Crippen LogP contribution >= 0.6 is 11.8 Å². The molecule has 5 heteroatoms. The van der Waals surface area contributed by atoms with E-state index >= 15 is 0 Å². The fraction of sp³-hybridized carbons (Fsp3) is 0.533. The number of ether oxygens (including phenoxy) is 2. The topological polar surface area (TPSA) is 47.6 Å². The molecule has 0 bridgehead atoms. The van der Waals surface area contributed by atoms with Gasteiger partial charge in [-0.2, -0.15) is 0 Å². The van der Waals surface area contributed by atoms with Crippen molar-refractivity contribution in [2.75, 3.05) is 19.8 Å². The fourth-order valence-electron chi connectivity index (χ4n) is 1.43. The van der Waals surface area contributed by atoms with Crippen molar-refractivity contribution in [3.63, 3.8) is 0 Å². The van der Waals surface area contributed by atoms with Gasteiger partial charge >= 0.3 is 6.09 Å². The fourth-order valence-corrected chi connectivity index (χ4v) is 2.36. The first-order valence-corrected chi connectivity index (χ1v) is 7.83. The number of amides is 1. The van der Waals surface area contributed by atoms with E-state index in [0.717, 1.165) is 12.2 Å². The molecule has 4 nitrogen and oxygen atoms in total. The predicted octanol–water partition coefficient (Wildman–Crippen LogP) is 3.70. The summed E-state index contributed by atoms with van der Waals surface area (Å²) < 4.78 is 10.3. The second-order valence-electron chi connectivity index (χ2n) is 4.30. The molecule has 112 valence electrons. The number of alkyl carbamates (subject to hydrolysis) is 1. The van der Waals surface area contributed by atoms with Gasteiger partial charge in [0.1, 0.15) is 12.4 Å². The maximum atomic E-state index is 11.0. The average Bonchev–Trinajstić information content (AvgIpc) is 2.45. The molecule has 0 heterocycles. The molecule has 0 aliphatic rings. The Morgan fingerprint density at radius 2 is 2.00 bits per heavy atom. The highest BCUT2D eigenvalue weighted by atomic mass is 32.2. The predicted molar refractivity (Wildman–Crippen MR) is 82.6 cm³/mol. The van der Waals surface area contributed by atoms with Crippen molar-refractivity contribution in [2.45, 2.75) is 37.3 Å². The van der Waals surface area contributed by atoms with Gasteiger partial charge in [0.05, 0.1) is 13.2 Å². The minimum Gasteiger partial charge on any atom is -0.492 e.